The number of hydrogen-bond donors (Lipinski definition) is 4. The molecule has 0 unspecified atom stereocenters. The molecule has 0 saturated carbocycles. The van der Waals surface area contributed by atoms with Crippen LogP contribution in [0.1, 0.15) is 67.5 Å². The maximum Gasteiger partial charge on any atom is 0.130 e. The molecule has 0 spiro atoms. The second-order valence-electron chi connectivity index (χ2n) is 17.0. The Balaban J connectivity index is 0.000000194. The van der Waals surface area contributed by atoms with Crippen LogP contribution in [0.4, 0.5) is 22.7 Å². The highest BCUT2D eigenvalue weighted by Crippen LogP contribution is 2.39. The molecule has 8 rings (SSSR count). The third-order valence-electron chi connectivity index (χ3n) is 11.9. The molecule has 8 heteroatoms. The van der Waals surface area contributed by atoms with Crippen LogP contribution in [0.15, 0.2) is 182 Å². The Bertz CT molecular complexity index is 2610. The molecule has 8 N–H and O–H groups in total. The number of aryl methyl sites for hydroxylation is 2. The molecule has 0 aromatic heterocycles. The minimum absolute atomic E-state index is 0.126. The van der Waals surface area contributed by atoms with E-state index in [0.29, 0.717) is 0 Å². The van der Waals surface area contributed by atoms with Crippen LogP contribution in [0, 0.1) is 13.8 Å². The monoisotopic (exact) mass is 862 g/mol. The van der Waals surface area contributed by atoms with Gasteiger partial charge in [0.15, 0.2) is 0 Å². The zero-order valence-electron chi connectivity index (χ0n) is 38.0. The molecular weight excluding hydrogens is 805 g/mol. The summed E-state index contributed by atoms with van der Waals surface area (Å²) < 4.78 is 24.0. The minimum Gasteiger partial charge on any atom is -0.457 e. The number of ether oxygens (including phenoxy) is 4. The van der Waals surface area contributed by atoms with E-state index in [9.17, 15) is 0 Å². The molecule has 65 heavy (non-hydrogen) atoms. The number of rotatable bonds is 13. The number of benzene rings is 8. The van der Waals surface area contributed by atoms with E-state index in [1.807, 2.05) is 133 Å². The van der Waals surface area contributed by atoms with Crippen molar-refractivity contribution < 1.29 is 18.9 Å². The summed E-state index contributed by atoms with van der Waals surface area (Å²) in [5, 5.41) is 0. The Morgan fingerprint density at radius 1 is 0.338 bits per heavy atom. The van der Waals surface area contributed by atoms with E-state index in [2.05, 4.69) is 90.1 Å². The number of nitrogen functional groups attached to an aromatic ring is 4. The highest BCUT2D eigenvalue weighted by molar-refractivity contribution is 5.51. The van der Waals surface area contributed by atoms with Crippen molar-refractivity contribution in [2.24, 2.45) is 0 Å². The molecule has 0 aliphatic rings. The van der Waals surface area contributed by atoms with Crippen LogP contribution in [0.25, 0.3) is 0 Å². The normalized spacial score (nSPS) is 11.2. The molecule has 0 amide bonds. The third kappa shape index (κ3) is 11.2. The first kappa shape index (κ1) is 45.2. The second kappa shape index (κ2) is 19.7. The first-order valence-electron chi connectivity index (χ1n) is 21.8. The molecule has 8 aromatic carbocycles. The molecule has 0 bridgehead atoms. The summed E-state index contributed by atoms with van der Waals surface area (Å²) in [6.45, 7) is 13.1. The van der Waals surface area contributed by atoms with Gasteiger partial charge >= 0.3 is 0 Å². The van der Waals surface area contributed by atoms with Crippen molar-refractivity contribution in [1.29, 1.82) is 0 Å². The van der Waals surface area contributed by atoms with Crippen LogP contribution < -0.4 is 41.9 Å². The van der Waals surface area contributed by atoms with E-state index in [4.69, 9.17) is 41.9 Å². The lowest BCUT2D eigenvalue weighted by Gasteiger charge is -2.30. The highest BCUT2D eigenvalue weighted by atomic mass is 16.5. The average molecular weight is 863 g/mol. The van der Waals surface area contributed by atoms with E-state index in [1.165, 1.54) is 22.3 Å². The number of nitrogens with two attached hydrogens (primary N) is 4. The fraction of sp³-hybridized carbons (Fsp3) is 0.158. The van der Waals surface area contributed by atoms with Gasteiger partial charge in [0.1, 0.15) is 46.0 Å². The van der Waals surface area contributed by atoms with Crippen molar-refractivity contribution in [2.45, 2.75) is 58.8 Å². The van der Waals surface area contributed by atoms with E-state index >= 15 is 0 Å². The predicted octanol–water partition coefficient (Wildman–Crippen LogP) is 14.5. The predicted molar refractivity (Wildman–Crippen MR) is 268 cm³/mol. The molecule has 8 nitrogen and oxygen atoms in total. The van der Waals surface area contributed by atoms with Crippen LogP contribution in [-0.2, 0) is 10.8 Å². The smallest absolute Gasteiger partial charge is 0.130 e. The van der Waals surface area contributed by atoms with Gasteiger partial charge in [-0.15, -0.1) is 0 Å². The van der Waals surface area contributed by atoms with E-state index in [0.717, 1.165) is 86.3 Å². The molecule has 8 aromatic rings. The second-order valence-corrected chi connectivity index (χ2v) is 17.0. The zero-order chi connectivity index (χ0) is 46.1. The largest absolute Gasteiger partial charge is 0.457 e. The SMILES string of the molecule is CCC(C)(c1ccc(Oc2ccc(N)cc2)cc1)c1ccc(Oc2ccc(N)cc2)cc1.Cc1cc(C(C)(C)c2ccc(Oc3ccc(N)cc3)c(C)c2)ccc1Oc1ccc(N)cc1. The summed E-state index contributed by atoms with van der Waals surface area (Å²) >= 11 is 0. The summed E-state index contributed by atoms with van der Waals surface area (Å²) in [4.78, 5) is 0. The zero-order valence-corrected chi connectivity index (χ0v) is 38.0. The summed E-state index contributed by atoms with van der Waals surface area (Å²) in [6.07, 6.45) is 0.962. The number of hydrogen-bond acceptors (Lipinski definition) is 8. The van der Waals surface area contributed by atoms with Crippen LogP contribution >= 0.6 is 0 Å². The summed E-state index contributed by atoms with van der Waals surface area (Å²) in [7, 11) is 0. The fourth-order valence-electron chi connectivity index (χ4n) is 7.50. The maximum atomic E-state index is 6.06. The Labute approximate surface area is 383 Å². The van der Waals surface area contributed by atoms with Gasteiger partial charge in [0.25, 0.3) is 0 Å². The fourth-order valence-corrected chi connectivity index (χ4v) is 7.50. The Morgan fingerprint density at radius 3 is 0.846 bits per heavy atom. The van der Waals surface area contributed by atoms with Gasteiger partial charge in [-0.25, -0.2) is 0 Å². The lowest BCUT2D eigenvalue weighted by Crippen LogP contribution is -2.22. The standard InChI is InChI=1S/C29H30N2O2.C28H28N2O2/c1-19-17-21(5-15-27(19)32-25-11-7-23(30)8-12-25)29(3,4)22-6-16-28(20(2)18-22)33-26-13-9-24(31)10-14-26;1-3-28(2,20-4-12-24(13-5-20)31-26-16-8-22(29)9-17-26)21-6-14-25(15-7-21)32-27-18-10-23(30)11-19-27/h5-18H,30-31H2,1-4H3;4-19H,3,29-30H2,1-2H3. The van der Waals surface area contributed by atoms with Gasteiger partial charge < -0.3 is 41.9 Å². The molecule has 0 aliphatic heterocycles. The molecule has 0 saturated heterocycles. The molecule has 0 atom stereocenters. The first-order valence-corrected chi connectivity index (χ1v) is 21.8. The minimum atomic E-state index is -0.186. The van der Waals surface area contributed by atoms with Crippen LogP contribution in [0.2, 0.25) is 0 Å². The molecule has 0 radical (unpaired) electrons. The van der Waals surface area contributed by atoms with Gasteiger partial charge in [-0.3, -0.25) is 0 Å². The van der Waals surface area contributed by atoms with Crippen molar-refractivity contribution in [2.75, 3.05) is 22.9 Å². The highest BCUT2D eigenvalue weighted by Gasteiger charge is 2.27. The first-order chi connectivity index (χ1) is 31.2. The summed E-state index contributed by atoms with van der Waals surface area (Å²) in [6, 6.07) is 59.0. The van der Waals surface area contributed by atoms with Gasteiger partial charge in [0, 0.05) is 33.6 Å². The van der Waals surface area contributed by atoms with Crippen molar-refractivity contribution >= 4 is 22.7 Å². The molecular formula is C57H58N4O4. The molecule has 330 valence electrons. The molecule has 0 aliphatic carbocycles. The van der Waals surface area contributed by atoms with Crippen LogP contribution in [-0.4, -0.2) is 0 Å². The molecule has 0 heterocycles. The third-order valence-corrected chi connectivity index (χ3v) is 11.9. The Kier molecular flexibility index (Phi) is 13.7. The van der Waals surface area contributed by atoms with Crippen LogP contribution in [0.3, 0.4) is 0 Å². The van der Waals surface area contributed by atoms with Gasteiger partial charge in [-0.2, -0.15) is 0 Å². The Morgan fingerprint density at radius 2 is 0.585 bits per heavy atom. The van der Waals surface area contributed by atoms with E-state index < -0.39 is 0 Å². The van der Waals surface area contributed by atoms with Crippen molar-refractivity contribution in [3.05, 3.63) is 215 Å². The molecule has 0 fully saturated rings. The van der Waals surface area contributed by atoms with E-state index in [1.54, 1.807) is 0 Å². The number of anilines is 4. The average Bonchev–Trinajstić information content (AvgIpc) is 3.31. The van der Waals surface area contributed by atoms with Gasteiger partial charge in [-0.1, -0.05) is 76.2 Å². The summed E-state index contributed by atoms with van der Waals surface area (Å²) in [5.74, 6) is 6.33. The Hall–Kier alpha value is -7.84. The quantitative estimate of drug-likeness (QED) is 0.0840. The maximum absolute atomic E-state index is 6.06. The lowest BCUT2D eigenvalue weighted by molar-refractivity contribution is 0.477. The van der Waals surface area contributed by atoms with Crippen molar-refractivity contribution in [3.63, 3.8) is 0 Å². The van der Waals surface area contributed by atoms with Crippen molar-refractivity contribution in [3.8, 4) is 46.0 Å². The topological polar surface area (TPSA) is 141 Å². The van der Waals surface area contributed by atoms with E-state index in [-0.39, 0.29) is 10.8 Å². The van der Waals surface area contributed by atoms with Gasteiger partial charge in [0.05, 0.1) is 0 Å². The van der Waals surface area contributed by atoms with Crippen LogP contribution in [0.5, 0.6) is 46.0 Å². The van der Waals surface area contributed by atoms with Gasteiger partial charge in [0.2, 0.25) is 0 Å². The van der Waals surface area contributed by atoms with Crippen molar-refractivity contribution in [1.82, 2.24) is 0 Å². The summed E-state index contributed by atoms with van der Waals surface area (Å²) in [5.41, 5.74) is 32.7. The van der Waals surface area contributed by atoms with Gasteiger partial charge in [-0.05, 0) is 187 Å². The lowest BCUT2D eigenvalue weighted by atomic mass is 9.74.